The Balaban J connectivity index is 1.51. The molecule has 3 aromatic heterocycles. The van der Waals surface area contributed by atoms with Gasteiger partial charge in [0.15, 0.2) is 0 Å². The van der Waals surface area contributed by atoms with Crippen molar-refractivity contribution in [1.29, 1.82) is 0 Å². The maximum Gasteiger partial charge on any atom is 0.437 e. The average Bonchev–Trinajstić information content (AvgIpc) is 3.37. The minimum atomic E-state index is -0.628. The zero-order valence-electron chi connectivity index (χ0n) is 14.8. The van der Waals surface area contributed by atoms with E-state index in [1.807, 2.05) is 25.3 Å². The van der Waals surface area contributed by atoms with Gasteiger partial charge in [-0.1, -0.05) is 13.0 Å². The molecule has 0 unspecified atom stereocenters. The molecule has 142 valence electrons. The highest BCUT2D eigenvalue weighted by molar-refractivity contribution is 7.14. The van der Waals surface area contributed by atoms with Crippen LogP contribution in [0.25, 0.3) is 10.8 Å². The molecular weight excluding hydrogens is 388 g/mol. The summed E-state index contributed by atoms with van der Waals surface area (Å²) in [5.74, 6) is -1.20. The number of aromatic nitrogens is 2. The van der Waals surface area contributed by atoms with Gasteiger partial charge >= 0.3 is 5.76 Å². The molecule has 0 atom stereocenters. The van der Waals surface area contributed by atoms with Crippen LogP contribution in [-0.2, 0) is 17.8 Å². The van der Waals surface area contributed by atoms with E-state index in [0.717, 1.165) is 26.4 Å². The van der Waals surface area contributed by atoms with Crippen molar-refractivity contribution in [1.82, 2.24) is 20.6 Å². The van der Waals surface area contributed by atoms with Gasteiger partial charge in [0.2, 0.25) is 5.91 Å². The topological polar surface area (TPSA) is 106 Å². The van der Waals surface area contributed by atoms with Crippen molar-refractivity contribution in [2.45, 2.75) is 33.2 Å². The third kappa shape index (κ3) is 4.52. The fourth-order valence-electron chi connectivity index (χ4n) is 2.39. The van der Waals surface area contributed by atoms with Crippen molar-refractivity contribution in [3.8, 4) is 10.8 Å². The van der Waals surface area contributed by atoms with Crippen molar-refractivity contribution in [2.75, 3.05) is 0 Å². The third-order valence-corrected chi connectivity index (χ3v) is 6.01. The summed E-state index contributed by atoms with van der Waals surface area (Å²) in [7, 11) is 0. The van der Waals surface area contributed by atoms with Gasteiger partial charge in [0, 0.05) is 11.3 Å². The fraction of sp³-hybridized carbons (Fsp3) is 0.294. The molecular formula is C17H18N4O4S2. The molecule has 0 aliphatic rings. The van der Waals surface area contributed by atoms with Crippen LogP contribution >= 0.6 is 22.7 Å². The minimum Gasteiger partial charge on any atom is -0.387 e. The van der Waals surface area contributed by atoms with Crippen LogP contribution in [0.1, 0.15) is 33.5 Å². The summed E-state index contributed by atoms with van der Waals surface area (Å²) < 4.78 is 6.17. The number of nitrogens with one attached hydrogen (secondary N) is 2. The van der Waals surface area contributed by atoms with Crippen LogP contribution < -0.4 is 16.6 Å². The lowest BCUT2D eigenvalue weighted by Crippen LogP contribution is -2.41. The smallest absolute Gasteiger partial charge is 0.387 e. The lowest BCUT2D eigenvalue weighted by molar-refractivity contribution is -0.122. The molecule has 10 heteroatoms. The number of hydrazine groups is 1. The van der Waals surface area contributed by atoms with Crippen molar-refractivity contribution in [2.24, 2.45) is 0 Å². The number of hydrogen-bond acceptors (Lipinski definition) is 7. The van der Waals surface area contributed by atoms with Crippen molar-refractivity contribution < 1.29 is 14.0 Å². The van der Waals surface area contributed by atoms with E-state index in [4.69, 9.17) is 4.42 Å². The fourth-order valence-corrected chi connectivity index (χ4v) is 4.04. The van der Waals surface area contributed by atoms with Crippen molar-refractivity contribution in [3.63, 3.8) is 0 Å². The van der Waals surface area contributed by atoms with E-state index in [1.54, 1.807) is 12.1 Å². The molecule has 0 fully saturated rings. The molecule has 0 spiro atoms. The van der Waals surface area contributed by atoms with E-state index in [2.05, 4.69) is 16.0 Å². The summed E-state index contributed by atoms with van der Waals surface area (Å²) in [6.45, 7) is 4.02. The highest BCUT2D eigenvalue weighted by Crippen LogP contribution is 2.22. The number of rotatable bonds is 6. The predicted molar refractivity (Wildman–Crippen MR) is 103 cm³/mol. The Kier molecular flexibility index (Phi) is 5.87. The van der Waals surface area contributed by atoms with Gasteiger partial charge in [0.25, 0.3) is 11.8 Å². The Morgan fingerprint density at radius 3 is 2.81 bits per heavy atom. The number of thiophene rings is 2. The van der Waals surface area contributed by atoms with Gasteiger partial charge in [-0.2, -0.15) is 4.68 Å². The molecule has 0 aliphatic carbocycles. The van der Waals surface area contributed by atoms with Crippen LogP contribution in [0.15, 0.2) is 32.8 Å². The van der Waals surface area contributed by atoms with Crippen molar-refractivity contribution >= 4 is 34.5 Å². The van der Waals surface area contributed by atoms with E-state index in [-0.39, 0.29) is 24.8 Å². The first kappa shape index (κ1) is 19.1. The second-order valence-corrected chi connectivity index (χ2v) is 7.78. The van der Waals surface area contributed by atoms with Crippen LogP contribution in [0.4, 0.5) is 0 Å². The van der Waals surface area contributed by atoms with E-state index in [0.29, 0.717) is 4.88 Å². The van der Waals surface area contributed by atoms with E-state index >= 15 is 0 Å². The normalized spacial score (nSPS) is 10.7. The standard InChI is InChI=1S/C17H18N4O4S2/c1-3-11-10(2)9-13(27-11)15(23)19-18-14(22)6-7-21-17(24)25-16(20-21)12-5-4-8-26-12/h4-5,8-9H,3,6-7H2,1-2H3,(H,18,22)(H,19,23). The molecule has 2 N–H and O–H groups in total. The summed E-state index contributed by atoms with van der Waals surface area (Å²) in [6, 6.07) is 5.42. The van der Waals surface area contributed by atoms with E-state index in [9.17, 15) is 14.4 Å². The Labute approximate surface area is 162 Å². The van der Waals surface area contributed by atoms with Gasteiger partial charge < -0.3 is 4.42 Å². The summed E-state index contributed by atoms with van der Waals surface area (Å²) >= 11 is 2.80. The number of amides is 2. The quantitative estimate of drug-likeness (QED) is 0.611. The van der Waals surface area contributed by atoms with Gasteiger partial charge in [0.05, 0.1) is 16.3 Å². The van der Waals surface area contributed by atoms with Gasteiger partial charge in [-0.25, -0.2) is 4.79 Å². The molecule has 0 radical (unpaired) electrons. The largest absolute Gasteiger partial charge is 0.437 e. The van der Waals surface area contributed by atoms with Crippen LogP contribution in [0.2, 0.25) is 0 Å². The zero-order valence-corrected chi connectivity index (χ0v) is 16.4. The first-order valence-electron chi connectivity index (χ1n) is 8.28. The maximum absolute atomic E-state index is 12.1. The second-order valence-electron chi connectivity index (χ2n) is 5.70. The van der Waals surface area contributed by atoms with Gasteiger partial charge in [-0.15, -0.1) is 27.8 Å². The van der Waals surface area contributed by atoms with Gasteiger partial charge in [-0.05, 0) is 36.4 Å². The molecule has 3 heterocycles. The molecule has 27 heavy (non-hydrogen) atoms. The van der Waals surface area contributed by atoms with Crippen molar-refractivity contribution in [3.05, 3.63) is 49.4 Å². The van der Waals surface area contributed by atoms with Gasteiger partial charge in [-0.3, -0.25) is 20.4 Å². The highest BCUT2D eigenvalue weighted by Gasteiger charge is 2.14. The Morgan fingerprint density at radius 1 is 1.33 bits per heavy atom. The average molecular weight is 406 g/mol. The molecule has 2 amide bonds. The summed E-state index contributed by atoms with van der Waals surface area (Å²) in [4.78, 5) is 38.2. The molecule has 8 nitrogen and oxygen atoms in total. The molecule has 0 saturated heterocycles. The molecule has 0 aromatic carbocycles. The Hall–Kier alpha value is -2.72. The lowest BCUT2D eigenvalue weighted by Gasteiger charge is -2.05. The number of aryl methyl sites for hydroxylation is 3. The first-order valence-corrected chi connectivity index (χ1v) is 9.98. The molecule has 0 aliphatic heterocycles. The van der Waals surface area contributed by atoms with E-state index in [1.165, 1.54) is 22.7 Å². The maximum atomic E-state index is 12.1. The zero-order chi connectivity index (χ0) is 19.4. The predicted octanol–water partition coefficient (Wildman–Crippen LogP) is 2.35. The first-order chi connectivity index (χ1) is 13.0. The molecule has 0 saturated carbocycles. The van der Waals surface area contributed by atoms with Crippen LogP contribution in [0.3, 0.4) is 0 Å². The Morgan fingerprint density at radius 2 is 2.15 bits per heavy atom. The van der Waals surface area contributed by atoms with Crippen LogP contribution in [-0.4, -0.2) is 21.6 Å². The number of carbonyl (C=O) groups excluding carboxylic acids is 2. The molecule has 0 bridgehead atoms. The number of carbonyl (C=O) groups is 2. The second kappa shape index (κ2) is 8.31. The van der Waals surface area contributed by atoms with E-state index < -0.39 is 11.7 Å². The SMILES string of the molecule is CCc1sc(C(=O)NNC(=O)CCn2nc(-c3cccs3)oc2=O)cc1C. The minimum absolute atomic E-state index is 0.0275. The van der Waals surface area contributed by atoms with Crippen LogP contribution in [0, 0.1) is 6.92 Å². The lowest BCUT2D eigenvalue weighted by atomic mass is 10.2. The third-order valence-electron chi connectivity index (χ3n) is 3.77. The number of hydrogen-bond donors (Lipinski definition) is 2. The highest BCUT2D eigenvalue weighted by atomic mass is 32.1. The Bertz CT molecular complexity index is 1000. The van der Waals surface area contributed by atoms with Gasteiger partial charge in [0.1, 0.15) is 0 Å². The van der Waals surface area contributed by atoms with Crippen LogP contribution in [0.5, 0.6) is 0 Å². The summed E-state index contributed by atoms with van der Waals surface area (Å²) in [5, 5.41) is 5.92. The summed E-state index contributed by atoms with van der Waals surface area (Å²) in [6.07, 6.45) is 0.830. The summed E-state index contributed by atoms with van der Waals surface area (Å²) in [5.41, 5.74) is 5.79. The molecule has 3 rings (SSSR count). The molecule has 3 aromatic rings. The monoisotopic (exact) mass is 406 g/mol. The number of nitrogens with zero attached hydrogens (tertiary/aromatic N) is 2.